The zero-order valence-corrected chi connectivity index (χ0v) is 32.9. The Balaban J connectivity index is 1.02. The van der Waals surface area contributed by atoms with Crippen LogP contribution in [0, 0.1) is 0 Å². The lowest BCUT2D eigenvalue weighted by atomic mass is 9.80. The largest absolute Gasteiger partial charge is 0.255 e. The SMILES string of the molecule is CC1(C)c2cc(-c3cccc(-c4ccccn4)n3)ccc2-c2ccc(-c3ccc4c5c(cccc35)-c3c-4c(-c4ccccc4)c4ccccc4c3-c3ccccc3)cc21. The molecule has 0 unspecified atom stereocenters. The van der Waals surface area contributed by atoms with Crippen molar-refractivity contribution in [2.75, 3.05) is 0 Å². The molecule has 0 aliphatic heterocycles. The Bertz CT molecular complexity index is 3230. The van der Waals surface area contributed by atoms with Gasteiger partial charge >= 0.3 is 0 Å². The number of nitrogens with zero attached hydrogens (tertiary/aromatic N) is 2. The molecule has 2 aromatic heterocycles. The number of hydrogen-bond acceptors (Lipinski definition) is 2. The van der Waals surface area contributed by atoms with Crippen molar-refractivity contribution in [1.29, 1.82) is 0 Å². The first kappa shape index (κ1) is 33.7. The summed E-state index contributed by atoms with van der Waals surface area (Å²) in [5, 5.41) is 5.17. The van der Waals surface area contributed by atoms with Crippen LogP contribution in [0.3, 0.4) is 0 Å². The van der Waals surface area contributed by atoms with Crippen molar-refractivity contribution in [2.45, 2.75) is 19.3 Å². The second kappa shape index (κ2) is 12.8. The Morgan fingerprint density at radius 2 is 0.847 bits per heavy atom. The van der Waals surface area contributed by atoms with Gasteiger partial charge in [0.1, 0.15) is 0 Å². The van der Waals surface area contributed by atoms with Gasteiger partial charge in [-0.2, -0.15) is 0 Å². The highest BCUT2D eigenvalue weighted by Crippen LogP contribution is 2.59. The number of benzene rings is 8. The van der Waals surface area contributed by atoms with Gasteiger partial charge in [-0.3, -0.25) is 4.98 Å². The standard InChI is InChI=1S/C57H38N2/c1-57(2)47-33-37(26-28-40(47)41-29-27-38(34-48(41)57)49-24-14-25-51(59-49)50-23-11-12-32-58-50)39-30-31-46-54-42(39)21-13-22-45(54)55-52(35-15-5-3-6-16-35)43-19-9-10-20-44(43)53(56(46)55)36-17-7-4-8-18-36/h3-34H,1-2H3. The van der Waals surface area contributed by atoms with E-state index in [1.807, 2.05) is 30.5 Å². The molecular weight excluding hydrogens is 713 g/mol. The normalized spacial score (nSPS) is 13.1. The zero-order valence-electron chi connectivity index (χ0n) is 32.9. The topological polar surface area (TPSA) is 25.8 Å². The van der Waals surface area contributed by atoms with Crippen LogP contribution >= 0.6 is 0 Å². The second-order valence-corrected chi connectivity index (χ2v) is 16.4. The molecule has 10 aromatic rings. The van der Waals surface area contributed by atoms with Crippen molar-refractivity contribution >= 4 is 21.5 Å². The monoisotopic (exact) mass is 750 g/mol. The Labute approximate surface area is 344 Å². The van der Waals surface area contributed by atoms with Crippen LogP contribution in [0.2, 0.25) is 0 Å². The van der Waals surface area contributed by atoms with Gasteiger partial charge in [0.05, 0.1) is 17.1 Å². The van der Waals surface area contributed by atoms with Crippen molar-refractivity contribution in [1.82, 2.24) is 9.97 Å². The predicted molar refractivity (Wildman–Crippen MR) is 246 cm³/mol. The fraction of sp³-hybridized carbons (Fsp3) is 0.0526. The molecule has 2 nitrogen and oxygen atoms in total. The van der Waals surface area contributed by atoms with E-state index in [0.717, 1.165) is 22.6 Å². The Hall–Kier alpha value is -7.42. The molecule has 2 aliphatic carbocycles. The minimum absolute atomic E-state index is 0.199. The first-order chi connectivity index (χ1) is 29.0. The summed E-state index contributed by atoms with van der Waals surface area (Å²) in [6, 6.07) is 68.8. The smallest absolute Gasteiger partial charge is 0.0893 e. The van der Waals surface area contributed by atoms with E-state index >= 15 is 0 Å². The summed E-state index contributed by atoms with van der Waals surface area (Å²) in [4.78, 5) is 9.60. The van der Waals surface area contributed by atoms with Crippen LogP contribution in [0.5, 0.6) is 0 Å². The summed E-state index contributed by atoms with van der Waals surface area (Å²) in [6.45, 7) is 4.74. The maximum Gasteiger partial charge on any atom is 0.0893 e. The van der Waals surface area contributed by atoms with E-state index in [1.54, 1.807) is 0 Å². The molecule has 0 saturated carbocycles. The molecule has 0 fully saturated rings. The number of fused-ring (bicyclic) bond motifs is 7. The third-order valence-electron chi connectivity index (χ3n) is 12.9. The molecule has 276 valence electrons. The van der Waals surface area contributed by atoms with Crippen molar-refractivity contribution in [3.05, 3.63) is 205 Å². The second-order valence-electron chi connectivity index (χ2n) is 16.4. The Kier molecular flexibility index (Phi) is 7.31. The fourth-order valence-electron chi connectivity index (χ4n) is 10.2. The summed E-state index contributed by atoms with van der Waals surface area (Å²) in [5.74, 6) is 0. The number of rotatable bonds is 5. The van der Waals surface area contributed by atoms with Crippen molar-refractivity contribution < 1.29 is 0 Å². The van der Waals surface area contributed by atoms with Crippen molar-refractivity contribution in [2.24, 2.45) is 0 Å². The van der Waals surface area contributed by atoms with Crippen LogP contribution in [0.25, 0.3) is 111 Å². The molecule has 0 saturated heterocycles. The van der Waals surface area contributed by atoms with E-state index < -0.39 is 0 Å². The van der Waals surface area contributed by atoms with E-state index in [-0.39, 0.29) is 5.41 Å². The highest BCUT2D eigenvalue weighted by atomic mass is 14.8. The predicted octanol–water partition coefficient (Wildman–Crippen LogP) is 15.1. The van der Waals surface area contributed by atoms with Crippen LogP contribution in [-0.4, -0.2) is 9.97 Å². The maximum absolute atomic E-state index is 5.05. The van der Waals surface area contributed by atoms with Gasteiger partial charge in [0.25, 0.3) is 0 Å². The lowest BCUT2D eigenvalue weighted by molar-refractivity contribution is 0.661. The molecule has 0 amide bonds. The van der Waals surface area contributed by atoms with Gasteiger partial charge in [-0.15, -0.1) is 0 Å². The number of aromatic nitrogens is 2. The number of pyridine rings is 2. The van der Waals surface area contributed by atoms with Gasteiger partial charge in [0.2, 0.25) is 0 Å². The minimum atomic E-state index is -0.199. The lowest BCUT2D eigenvalue weighted by Gasteiger charge is -2.23. The van der Waals surface area contributed by atoms with E-state index in [2.05, 4.69) is 183 Å². The summed E-state index contributed by atoms with van der Waals surface area (Å²) in [5.41, 5.74) is 21.8. The first-order valence-electron chi connectivity index (χ1n) is 20.5. The minimum Gasteiger partial charge on any atom is -0.255 e. The molecule has 8 aromatic carbocycles. The van der Waals surface area contributed by atoms with E-state index in [0.29, 0.717) is 0 Å². The number of hydrogen-bond donors (Lipinski definition) is 0. The van der Waals surface area contributed by atoms with Gasteiger partial charge in [-0.1, -0.05) is 166 Å². The third-order valence-corrected chi connectivity index (χ3v) is 12.9. The quantitative estimate of drug-likeness (QED) is 0.175. The van der Waals surface area contributed by atoms with Crippen molar-refractivity contribution in [3.8, 4) is 89.4 Å². The van der Waals surface area contributed by atoms with Gasteiger partial charge in [-0.05, 0) is 136 Å². The third kappa shape index (κ3) is 5.00. The molecule has 0 bridgehead atoms. The maximum atomic E-state index is 5.05. The molecule has 0 N–H and O–H groups in total. The van der Waals surface area contributed by atoms with Gasteiger partial charge in [0.15, 0.2) is 0 Å². The zero-order chi connectivity index (χ0) is 39.2. The molecular formula is C57H38N2. The van der Waals surface area contributed by atoms with Crippen LogP contribution in [0.4, 0.5) is 0 Å². The Morgan fingerprint density at radius 1 is 0.339 bits per heavy atom. The molecule has 0 atom stereocenters. The highest BCUT2D eigenvalue weighted by molar-refractivity contribution is 6.28. The molecule has 2 heteroatoms. The average Bonchev–Trinajstić information content (AvgIpc) is 3.74. The van der Waals surface area contributed by atoms with Crippen LogP contribution in [-0.2, 0) is 5.41 Å². The molecule has 0 radical (unpaired) electrons. The van der Waals surface area contributed by atoms with Gasteiger partial charge in [-0.25, -0.2) is 4.98 Å². The first-order valence-corrected chi connectivity index (χ1v) is 20.5. The molecule has 12 rings (SSSR count). The fourth-order valence-corrected chi connectivity index (χ4v) is 10.2. The highest BCUT2D eigenvalue weighted by Gasteiger charge is 2.37. The molecule has 2 heterocycles. The van der Waals surface area contributed by atoms with Crippen LogP contribution < -0.4 is 0 Å². The summed E-state index contributed by atoms with van der Waals surface area (Å²) in [6.07, 6.45) is 1.82. The lowest BCUT2D eigenvalue weighted by Crippen LogP contribution is -2.15. The van der Waals surface area contributed by atoms with Crippen LogP contribution in [0.1, 0.15) is 25.0 Å². The molecule has 2 aliphatic rings. The van der Waals surface area contributed by atoms with E-state index in [1.165, 1.54) is 99.4 Å². The molecule has 59 heavy (non-hydrogen) atoms. The van der Waals surface area contributed by atoms with Gasteiger partial charge in [0, 0.05) is 17.2 Å². The summed E-state index contributed by atoms with van der Waals surface area (Å²) in [7, 11) is 0. The Morgan fingerprint density at radius 3 is 1.51 bits per heavy atom. The van der Waals surface area contributed by atoms with Crippen molar-refractivity contribution in [3.63, 3.8) is 0 Å². The summed E-state index contributed by atoms with van der Waals surface area (Å²) >= 11 is 0. The van der Waals surface area contributed by atoms with Crippen LogP contribution in [0.15, 0.2) is 194 Å². The van der Waals surface area contributed by atoms with Gasteiger partial charge < -0.3 is 0 Å². The summed E-state index contributed by atoms with van der Waals surface area (Å²) < 4.78 is 0. The van der Waals surface area contributed by atoms with E-state index in [9.17, 15) is 0 Å². The average molecular weight is 751 g/mol. The molecule has 0 spiro atoms. The van der Waals surface area contributed by atoms with E-state index in [4.69, 9.17) is 4.98 Å².